The second kappa shape index (κ2) is 12.3. The van der Waals surface area contributed by atoms with Crippen LogP contribution in [0.1, 0.15) is 0 Å². The minimum atomic E-state index is 0.628. The van der Waals surface area contributed by atoms with E-state index in [4.69, 9.17) is 19.4 Å². The number of para-hydroxylation sites is 3. The molecule has 0 bridgehead atoms. The maximum Gasteiger partial charge on any atom is 0.164 e. The van der Waals surface area contributed by atoms with Gasteiger partial charge in [-0.2, -0.15) is 0 Å². The summed E-state index contributed by atoms with van der Waals surface area (Å²) in [6, 6.07) is 65.5. The van der Waals surface area contributed by atoms with Gasteiger partial charge in [0.05, 0.1) is 22.1 Å². The molecule has 266 valence electrons. The molecule has 4 aromatic heterocycles. The van der Waals surface area contributed by atoms with Crippen LogP contribution in [-0.2, 0) is 0 Å². The van der Waals surface area contributed by atoms with E-state index >= 15 is 0 Å². The summed E-state index contributed by atoms with van der Waals surface area (Å²) < 4.78 is 11.2. The maximum atomic E-state index is 6.44. The van der Waals surface area contributed by atoms with Crippen LogP contribution in [0, 0.1) is 0 Å². The molecule has 12 aromatic rings. The molecule has 0 saturated heterocycles. The zero-order valence-corrected chi connectivity index (χ0v) is 30.5. The predicted molar refractivity (Wildman–Crippen MR) is 232 cm³/mol. The van der Waals surface area contributed by atoms with Crippen LogP contribution < -0.4 is 0 Å². The van der Waals surface area contributed by atoms with Gasteiger partial charge in [0.2, 0.25) is 0 Å². The third kappa shape index (κ3) is 4.87. The lowest BCUT2D eigenvalue weighted by Crippen LogP contribution is -2.00. The number of fused-ring (bicyclic) bond motifs is 10. The number of furan rings is 1. The Morgan fingerprint density at radius 1 is 0.316 bits per heavy atom. The Morgan fingerprint density at radius 2 is 0.825 bits per heavy atom. The van der Waals surface area contributed by atoms with Crippen molar-refractivity contribution in [2.75, 3.05) is 0 Å². The summed E-state index contributed by atoms with van der Waals surface area (Å²) in [7, 11) is 0. The van der Waals surface area contributed by atoms with Crippen molar-refractivity contribution in [3.05, 3.63) is 188 Å². The van der Waals surface area contributed by atoms with Crippen molar-refractivity contribution in [2.24, 2.45) is 0 Å². The topological polar surface area (TPSA) is 61.7 Å². The van der Waals surface area contributed by atoms with E-state index in [0.29, 0.717) is 17.5 Å². The van der Waals surface area contributed by atoms with Crippen LogP contribution in [0.4, 0.5) is 0 Å². The molecule has 12 rings (SSSR count). The maximum absolute atomic E-state index is 6.44. The lowest BCUT2D eigenvalue weighted by atomic mass is 10.0. The van der Waals surface area contributed by atoms with Crippen molar-refractivity contribution in [1.82, 2.24) is 24.1 Å². The van der Waals surface area contributed by atoms with Crippen LogP contribution in [0.5, 0.6) is 0 Å². The Balaban J connectivity index is 1.09. The molecule has 0 saturated carbocycles. The molecule has 0 aliphatic heterocycles. The van der Waals surface area contributed by atoms with Gasteiger partial charge in [-0.15, -0.1) is 0 Å². The monoisotopic (exact) mass is 729 g/mol. The summed E-state index contributed by atoms with van der Waals surface area (Å²) in [4.78, 5) is 14.9. The molecule has 0 N–H and O–H groups in total. The van der Waals surface area contributed by atoms with Crippen LogP contribution in [0.15, 0.2) is 192 Å². The molecular weight excluding hydrogens is 699 g/mol. The molecule has 0 radical (unpaired) electrons. The van der Waals surface area contributed by atoms with Crippen LogP contribution in [0.2, 0.25) is 0 Å². The number of nitrogens with zero attached hydrogens (tertiary/aromatic N) is 5. The zero-order chi connectivity index (χ0) is 37.5. The zero-order valence-electron chi connectivity index (χ0n) is 30.5. The van der Waals surface area contributed by atoms with Gasteiger partial charge in [0.15, 0.2) is 17.5 Å². The first-order chi connectivity index (χ1) is 28.3. The molecule has 4 heterocycles. The van der Waals surface area contributed by atoms with Gasteiger partial charge >= 0.3 is 0 Å². The lowest BCUT2D eigenvalue weighted by molar-refractivity contribution is 0.669. The van der Waals surface area contributed by atoms with E-state index in [1.807, 2.05) is 66.7 Å². The van der Waals surface area contributed by atoms with Crippen LogP contribution in [0.25, 0.3) is 111 Å². The molecule has 6 nitrogen and oxygen atoms in total. The third-order valence-corrected chi connectivity index (χ3v) is 11.2. The molecule has 0 fully saturated rings. The molecule has 0 unspecified atom stereocenters. The van der Waals surface area contributed by atoms with E-state index in [1.165, 1.54) is 21.5 Å². The number of hydrogen-bond donors (Lipinski definition) is 0. The van der Waals surface area contributed by atoms with Crippen molar-refractivity contribution < 1.29 is 4.42 Å². The van der Waals surface area contributed by atoms with E-state index in [1.54, 1.807) is 0 Å². The first-order valence-corrected chi connectivity index (χ1v) is 19.1. The molecule has 6 heteroatoms. The number of hydrogen-bond acceptors (Lipinski definition) is 4. The summed E-state index contributed by atoms with van der Waals surface area (Å²) >= 11 is 0. The molecule has 8 aromatic carbocycles. The fourth-order valence-corrected chi connectivity index (χ4v) is 8.61. The first kappa shape index (κ1) is 31.5. The second-order valence-corrected chi connectivity index (χ2v) is 14.4. The van der Waals surface area contributed by atoms with Gasteiger partial charge in [-0.1, -0.05) is 115 Å². The number of rotatable bonds is 5. The lowest BCUT2D eigenvalue weighted by Gasteiger charge is -2.11. The molecular formula is C51H31N5O. The Kier molecular flexibility index (Phi) is 6.83. The van der Waals surface area contributed by atoms with Gasteiger partial charge in [-0.05, 0) is 72.8 Å². The highest BCUT2D eigenvalue weighted by Gasteiger charge is 2.22. The van der Waals surface area contributed by atoms with Crippen LogP contribution >= 0.6 is 0 Å². The number of aromatic nitrogens is 5. The number of benzene rings is 8. The van der Waals surface area contributed by atoms with Gasteiger partial charge < -0.3 is 13.6 Å². The molecule has 0 amide bonds. The van der Waals surface area contributed by atoms with E-state index in [9.17, 15) is 0 Å². The minimum absolute atomic E-state index is 0.628. The minimum Gasteiger partial charge on any atom is -0.456 e. The van der Waals surface area contributed by atoms with E-state index in [2.05, 4.69) is 130 Å². The van der Waals surface area contributed by atoms with Crippen molar-refractivity contribution in [3.8, 4) is 45.5 Å². The normalized spacial score (nSPS) is 11.9. The quantitative estimate of drug-likeness (QED) is 0.177. The van der Waals surface area contributed by atoms with Gasteiger partial charge in [-0.3, -0.25) is 0 Å². The van der Waals surface area contributed by atoms with Gasteiger partial charge in [-0.25, -0.2) is 15.0 Å². The Labute approximate surface area is 326 Å². The third-order valence-electron chi connectivity index (χ3n) is 11.2. The fraction of sp³-hybridized carbons (Fsp3) is 0. The predicted octanol–water partition coefficient (Wildman–Crippen LogP) is 13.0. The van der Waals surface area contributed by atoms with Gasteiger partial charge in [0.25, 0.3) is 0 Å². The van der Waals surface area contributed by atoms with E-state index in [0.717, 1.165) is 72.1 Å². The first-order valence-electron chi connectivity index (χ1n) is 19.1. The SMILES string of the molecule is c1ccc(-c2nc(-c3ccccc3)nc(-c3ccc(-n4c5ccccc5c5cc6c(cc54)c4c5c(ccc4n6-c4ccccc4)oc4ccccc45)cc3)n2)cc1. The average molecular weight is 730 g/mol. The molecule has 0 spiro atoms. The Hall–Kier alpha value is -7.83. The summed E-state index contributed by atoms with van der Waals surface area (Å²) in [5.74, 6) is 1.91. The van der Waals surface area contributed by atoms with Crippen molar-refractivity contribution in [1.29, 1.82) is 0 Å². The van der Waals surface area contributed by atoms with E-state index < -0.39 is 0 Å². The summed E-state index contributed by atoms with van der Waals surface area (Å²) in [6.07, 6.45) is 0. The molecule has 57 heavy (non-hydrogen) atoms. The van der Waals surface area contributed by atoms with Crippen LogP contribution in [0.3, 0.4) is 0 Å². The standard InChI is InChI=1S/C51H31N5O/c1-4-14-32(15-5-1)49-52-50(33-16-6-2-7-17-33)54-51(53-49)34-24-26-36(27-25-34)55-41-22-12-10-20-37(41)39-30-44-40(31-43(39)55)47-42(56(44)35-18-8-3-9-19-35)28-29-46-48(47)38-21-11-13-23-45(38)57-46/h1-31H. The summed E-state index contributed by atoms with van der Waals surface area (Å²) in [5.41, 5.74) is 11.3. The Morgan fingerprint density at radius 3 is 1.51 bits per heavy atom. The summed E-state index contributed by atoms with van der Waals surface area (Å²) in [5, 5.41) is 6.99. The highest BCUT2D eigenvalue weighted by atomic mass is 16.3. The van der Waals surface area contributed by atoms with E-state index in [-0.39, 0.29) is 0 Å². The van der Waals surface area contributed by atoms with Gasteiger partial charge in [0, 0.05) is 60.4 Å². The van der Waals surface area contributed by atoms with Crippen molar-refractivity contribution >= 4 is 65.6 Å². The highest BCUT2D eigenvalue weighted by molar-refractivity contribution is 6.29. The Bertz CT molecular complexity index is 3430. The van der Waals surface area contributed by atoms with Gasteiger partial charge in [0.1, 0.15) is 11.2 Å². The van der Waals surface area contributed by atoms with Crippen LogP contribution in [-0.4, -0.2) is 24.1 Å². The smallest absolute Gasteiger partial charge is 0.164 e. The van der Waals surface area contributed by atoms with Crippen molar-refractivity contribution in [3.63, 3.8) is 0 Å². The molecule has 0 aliphatic carbocycles. The molecule has 0 atom stereocenters. The van der Waals surface area contributed by atoms with Crippen molar-refractivity contribution in [2.45, 2.75) is 0 Å². The summed E-state index contributed by atoms with van der Waals surface area (Å²) in [6.45, 7) is 0. The fourth-order valence-electron chi connectivity index (χ4n) is 8.61. The largest absolute Gasteiger partial charge is 0.456 e. The highest BCUT2D eigenvalue weighted by Crippen LogP contribution is 2.44. The average Bonchev–Trinajstić information content (AvgIpc) is 3.93. The molecule has 0 aliphatic rings. The second-order valence-electron chi connectivity index (χ2n) is 14.4.